The van der Waals surface area contributed by atoms with Crippen LogP contribution < -0.4 is 5.73 Å². The summed E-state index contributed by atoms with van der Waals surface area (Å²) >= 11 is 0. The summed E-state index contributed by atoms with van der Waals surface area (Å²) in [5.74, 6) is -0.352. The van der Waals surface area contributed by atoms with Crippen LogP contribution in [0.15, 0.2) is 24.3 Å². The van der Waals surface area contributed by atoms with E-state index >= 15 is 0 Å². The predicted octanol–water partition coefficient (Wildman–Crippen LogP) is 1.48. The van der Waals surface area contributed by atoms with Crippen molar-refractivity contribution in [3.63, 3.8) is 0 Å². The smallest absolute Gasteiger partial charge is 0.303 e. The third kappa shape index (κ3) is 1.98. The number of nitrogens with zero attached hydrogens (tertiary/aromatic N) is 2. The van der Waals surface area contributed by atoms with E-state index in [0.29, 0.717) is 18.9 Å². The van der Waals surface area contributed by atoms with E-state index in [1.807, 2.05) is 28.8 Å². The number of aryl methyl sites for hydroxylation is 1. The largest absolute Gasteiger partial charge is 0.481 e. The van der Waals surface area contributed by atoms with Crippen molar-refractivity contribution >= 4 is 23.0 Å². The SMILES string of the molecule is Nc1nc2ccccc2n1CCCC(=O)O. The molecule has 0 amide bonds. The van der Waals surface area contributed by atoms with E-state index in [9.17, 15) is 4.79 Å². The summed E-state index contributed by atoms with van der Waals surface area (Å²) in [6.07, 6.45) is 0.700. The first-order valence-corrected chi connectivity index (χ1v) is 5.11. The maximum atomic E-state index is 10.4. The van der Waals surface area contributed by atoms with E-state index in [4.69, 9.17) is 10.8 Å². The summed E-state index contributed by atoms with van der Waals surface area (Å²) in [5, 5.41) is 8.57. The molecule has 1 aromatic heterocycles. The highest BCUT2D eigenvalue weighted by Gasteiger charge is 2.07. The van der Waals surface area contributed by atoms with Crippen LogP contribution in [0, 0.1) is 0 Å². The van der Waals surface area contributed by atoms with Crippen LogP contribution in [0.5, 0.6) is 0 Å². The van der Waals surface area contributed by atoms with Crippen LogP contribution in [0.2, 0.25) is 0 Å². The lowest BCUT2D eigenvalue weighted by Gasteiger charge is -2.04. The Hall–Kier alpha value is -2.04. The third-order valence-electron chi connectivity index (χ3n) is 2.46. The van der Waals surface area contributed by atoms with E-state index in [0.717, 1.165) is 11.0 Å². The third-order valence-corrected chi connectivity index (χ3v) is 2.46. The fraction of sp³-hybridized carbons (Fsp3) is 0.273. The molecule has 5 heteroatoms. The molecular formula is C11H13N3O2. The van der Waals surface area contributed by atoms with Crippen molar-refractivity contribution in [2.75, 3.05) is 5.73 Å². The second-order valence-electron chi connectivity index (χ2n) is 3.61. The Bertz CT molecular complexity index is 519. The first kappa shape index (κ1) is 10.5. The highest BCUT2D eigenvalue weighted by Crippen LogP contribution is 2.17. The van der Waals surface area contributed by atoms with Crippen LogP contribution in [-0.2, 0) is 11.3 Å². The van der Waals surface area contributed by atoms with Crippen LogP contribution in [0.1, 0.15) is 12.8 Å². The first-order valence-electron chi connectivity index (χ1n) is 5.11. The maximum Gasteiger partial charge on any atom is 0.303 e. The van der Waals surface area contributed by atoms with Crippen molar-refractivity contribution in [1.29, 1.82) is 0 Å². The second-order valence-corrected chi connectivity index (χ2v) is 3.61. The lowest BCUT2D eigenvalue weighted by Crippen LogP contribution is -2.05. The normalized spacial score (nSPS) is 10.8. The Balaban J connectivity index is 2.22. The van der Waals surface area contributed by atoms with Gasteiger partial charge in [0.15, 0.2) is 0 Å². The van der Waals surface area contributed by atoms with Crippen molar-refractivity contribution in [2.24, 2.45) is 0 Å². The average Bonchev–Trinajstić information content (AvgIpc) is 2.55. The number of hydrogen-bond acceptors (Lipinski definition) is 3. The van der Waals surface area contributed by atoms with Crippen LogP contribution in [0.4, 0.5) is 5.95 Å². The van der Waals surface area contributed by atoms with Gasteiger partial charge in [-0.1, -0.05) is 12.1 Å². The van der Waals surface area contributed by atoms with Gasteiger partial charge in [-0.25, -0.2) is 4.98 Å². The van der Waals surface area contributed by atoms with Crippen molar-refractivity contribution in [3.8, 4) is 0 Å². The van der Waals surface area contributed by atoms with Gasteiger partial charge in [0.1, 0.15) is 0 Å². The number of aromatic nitrogens is 2. The van der Waals surface area contributed by atoms with Crippen molar-refractivity contribution < 1.29 is 9.90 Å². The van der Waals surface area contributed by atoms with E-state index < -0.39 is 5.97 Å². The van der Waals surface area contributed by atoms with Gasteiger partial charge in [-0.15, -0.1) is 0 Å². The molecule has 0 unspecified atom stereocenters. The lowest BCUT2D eigenvalue weighted by molar-refractivity contribution is -0.137. The van der Waals surface area contributed by atoms with Gasteiger partial charge in [0.25, 0.3) is 0 Å². The molecule has 0 atom stereocenters. The Morgan fingerprint density at radius 1 is 1.44 bits per heavy atom. The summed E-state index contributed by atoms with van der Waals surface area (Å²) in [6.45, 7) is 0.582. The molecular weight excluding hydrogens is 206 g/mol. The van der Waals surface area contributed by atoms with E-state index in [1.165, 1.54) is 0 Å². The zero-order valence-electron chi connectivity index (χ0n) is 8.76. The van der Waals surface area contributed by atoms with E-state index in [1.54, 1.807) is 0 Å². The van der Waals surface area contributed by atoms with E-state index in [-0.39, 0.29) is 6.42 Å². The number of nitrogen functional groups attached to an aromatic ring is 1. The molecule has 0 aliphatic rings. The quantitative estimate of drug-likeness (QED) is 0.816. The average molecular weight is 219 g/mol. The Morgan fingerprint density at radius 2 is 2.19 bits per heavy atom. The monoisotopic (exact) mass is 219 g/mol. The van der Waals surface area contributed by atoms with Gasteiger partial charge in [-0.3, -0.25) is 4.79 Å². The van der Waals surface area contributed by atoms with E-state index in [2.05, 4.69) is 4.98 Å². The fourth-order valence-electron chi connectivity index (χ4n) is 1.72. The van der Waals surface area contributed by atoms with Gasteiger partial charge in [-0.05, 0) is 18.6 Å². The van der Waals surface area contributed by atoms with Gasteiger partial charge >= 0.3 is 5.97 Å². The maximum absolute atomic E-state index is 10.4. The molecule has 2 rings (SSSR count). The van der Waals surface area contributed by atoms with Gasteiger partial charge < -0.3 is 15.4 Å². The molecule has 1 heterocycles. The number of fused-ring (bicyclic) bond motifs is 1. The summed E-state index contributed by atoms with van der Waals surface area (Å²) < 4.78 is 1.85. The number of anilines is 1. The molecule has 16 heavy (non-hydrogen) atoms. The van der Waals surface area contributed by atoms with Gasteiger partial charge in [0, 0.05) is 13.0 Å². The van der Waals surface area contributed by atoms with Gasteiger partial charge in [-0.2, -0.15) is 0 Å². The summed E-state index contributed by atoms with van der Waals surface area (Å²) in [5.41, 5.74) is 7.57. The summed E-state index contributed by atoms with van der Waals surface area (Å²) in [6, 6.07) is 7.63. The molecule has 1 aromatic carbocycles. The summed E-state index contributed by atoms with van der Waals surface area (Å²) in [4.78, 5) is 14.6. The number of carbonyl (C=O) groups is 1. The lowest BCUT2D eigenvalue weighted by atomic mass is 10.3. The molecule has 0 aliphatic heterocycles. The number of aliphatic carboxylic acids is 1. The van der Waals surface area contributed by atoms with Gasteiger partial charge in [0.2, 0.25) is 5.95 Å². The number of nitrogens with two attached hydrogens (primary N) is 1. The number of rotatable bonds is 4. The molecule has 0 bridgehead atoms. The molecule has 2 aromatic rings. The molecule has 0 spiro atoms. The molecule has 0 saturated heterocycles. The number of hydrogen-bond donors (Lipinski definition) is 2. The zero-order valence-corrected chi connectivity index (χ0v) is 8.76. The highest BCUT2D eigenvalue weighted by molar-refractivity contribution is 5.78. The molecule has 0 saturated carbocycles. The Morgan fingerprint density at radius 3 is 2.94 bits per heavy atom. The number of para-hydroxylation sites is 2. The number of benzene rings is 1. The second kappa shape index (κ2) is 4.22. The van der Waals surface area contributed by atoms with Crippen LogP contribution in [0.25, 0.3) is 11.0 Å². The van der Waals surface area contributed by atoms with Crippen LogP contribution in [-0.4, -0.2) is 20.6 Å². The molecule has 0 radical (unpaired) electrons. The van der Waals surface area contributed by atoms with Crippen molar-refractivity contribution in [1.82, 2.24) is 9.55 Å². The van der Waals surface area contributed by atoms with Crippen molar-refractivity contribution in [2.45, 2.75) is 19.4 Å². The first-order chi connectivity index (χ1) is 7.68. The highest BCUT2D eigenvalue weighted by atomic mass is 16.4. The molecule has 0 aliphatic carbocycles. The van der Waals surface area contributed by atoms with Crippen molar-refractivity contribution in [3.05, 3.63) is 24.3 Å². The number of imidazole rings is 1. The fourth-order valence-corrected chi connectivity index (χ4v) is 1.72. The van der Waals surface area contributed by atoms with Gasteiger partial charge in [0.05, 0.1) is 11.0 Å². The molecule has 3 N–H and O–H groups in total. The Labute approximate surface area is 92.5 Å². The molecule has 84 valence electrons. The van der Waals surface area contributed by atoms with Crippen LogP contribution in [0.3, 0.4) is 0 Å². The minimum absolute atomic E-state index is 0.145. The minimum Gasteiger partial charge on any atom is -0.481 e. The molecule has 0 fully saturated rings. The number of carboxylic acids is 1. The van der Waals surface area contributed by atoms with Crippen LogP contribution >= 0.6 is 0 Å². The topological polar surface area (TPSA) is 81.1 Å². The molecule has 5 nitrogen and oxygen atoms in total. The summed E-state index contributed by atoms with van der Waals surface area (Å²) in [7, 11) is 0. The predicted molar refractivity (Wildman–Crippen MR) is 61.0 cm³/mol. The zero-order chi connectivity index (χ0) is 11.5. The number of carboxylic acid groups (broad SMARTS) is 1. The minimum atomic E-state index is -0.789. The standard InChI is InChI=1S/C11H13N3O2/c12-11-13-8-4-1-2-5-9(8)14(11)7-3-6-10(15)16/h1-2,4-5H,3,6-7H2,(H2,12,13)(H,15,16). The Kier molecular flexibility index (Phi) is 2.76.